The van der Waals surface area contributed by atoms with Crippen LogP contribution in [0.5, 0.6) is 11.5 Å². The van der Waals surface area contributed by atoms with E-state index in [9.17, 15) is 0 Å². The first kappa shape index (κ1) is 15.8. The number of aryl methyl sites for hydroxylation is 1. The molecule has 1 heterocycles. The zero-order chi connectivity index (χ0) is 15.8. The van der Waals surface area contributed by atoms with Crippen molar-refractivity contribution in [2.75, 3.05) is 20.8 Å². The molecule has 7 heteroatoms. The molecule has 0 bridgehead atoms. The minimum absolute atomic E-state index is 0.304. The average molecular weight is 302 g/mol. The molecule has 1 aromatic carbocycles. The number of nitrogens with zero attached hydrogens (tertiary/aromatic N) is 4. The van der Waals surface area contributed by atoms with Gasteiger partial charge in [-0.25, -0.2) is 4.68 Å². The number of benzene rings is 1. The lowest BCUT2D eigenvalue weighted by Crippen LogP contribution is -2.10. The molecule has 0 amide bonds. The Morgan fingerprint density at radius 2 is 1.91 bits per heavy atom. The third kappa shape index (κ3) is 3.96. The molecule has 0 aliphatic rings. The Balaban J connectivity index is 1.83. The summed E-state index contributed by atoms with van der Waals surface area (Å²) in [5.74, 6) is 1.58. The summed E-state index contributed by atoms with van der Waals surface area (Å²) in [4.78, 5) is 0. The van der Waals surface area contributed by atoms with Gasteiger partial charge < -0.3 is 14.2 Å². The molecule has 7 nitrogen and oxygen atoms in total. The second kappa shape index (κ2) is 8.00. The van der Waals surface area contributed by atoms with E-state index in [4.69, 9.17) is 19.5 Å². The fraction of sp³-hybridized carbons (Fsp3) is 0.400. The second-order valence-corrected chi connectivity index (χ2v) is 4.53. The summed E-state index contributed by atoms with van der Waals surface area (Å²) >= 11 is 0. The summed E-state index contributed by atoms with van der Waals surface area (Å²) in [5, 5.41) is 16.8. The zero-order valence-electron chi connectivity index (χ0n) is 12.7. The van der Waals surface area contributed by atoms with E-state index < -0.39 is 0 Å². The highest BCUT2D eigenvalue weighted by molar-refractivity contribution is 5.31. The van der Waals surface area contributed by atoms with Gasteiger partial charge in [-0.3, -0.25) is 0 Å². The molecule has 0 aliphatic carbocycles. The van der Waals surface area contributed by atoms with Gasteiger partial charge in [0.15, 0.2) is 5.69 Å². The van der Waals surface area contributed by atoms with Crippen LogP contribution in [-0.4, -0.2) is 35.8 Å². The van der Waals surface area contributed by atoms with Crippen LogP contribution in [0.4, 0.5) is 0 Å². The Labute approximate surface area is 129 Å². The van der Waals surface area contributed by atoms with E-state index in [1.807, 2.05) is 30.3 Å². The van der Waals surface area contributed by atoms with Crippen molar-refractivity contribution in [2.45, 2.75) is 19.6 Å². The van der Waals surface area contributed by atoms with Gasteiger partial charge in [-0.15, -0.1) is 5.10 Å². The van der Waals surface area contributed by atoms with E-state index in [2.05, 4.69) is 10.3 Å². The van der Waals surface area contributed by atoms with Crippen LogP contribution in [0.25, 0.3) is 0 Å². The van der Waals surface area contributed by atoms with Crippen LogP contribution in [-0.2, 0) is 17.9 Å². The molecule has 0 N–H and O–H groups in total. The lowest BCUT2D eigenvalue weighted by molar-refractivity contribution is 0.175. The Kier molecular flexibility index (Phi) is 5.74. The third-order valence-corrected chi connectivity index (χ3v) is 3.07. The SMILES string of the molecule is COCc1c(C#N)nnn1CCCOc1ccc(OC)cc1. The predicted molar refractivity (Wildman–Crippen MR) is 78.6 cm³/mol. The minimum Gasteiger partial charge on any atom is -0.497 e. The van der Waals surface area contributed by atoms with Crippen molar-refractivity contribution >= 4 is 0 Å². The van der Waals surface area contributed by atoms with Crippen molar-refractivity contribution in [1.29, 1.82) is 5.26 Å². The summed E-state index contributed by atoms with van der Waals surface area (Å²) in [5.41, 5.74) is 0.993. The first-order valence-electron chi connectivity index (χ1n) is 6.86. The highest BCUT2D eigenvalue weighted by atomic mass is 16.5. The molecule has 1 aromatic heterocycles. The van der Waals surface area contributed by atoms with Crippen LogP contribution in [0.2, 0.25) is 0 Å². The van der Waals surface area contributed by atoms with Gasteiger partial charge in [-0.05, 0) is 24.3 Å². The molecule has 2 aromatic rings. The molecular weight excluding hydrogens is 284 g/mol. The van der Waals surface area contributed by atoms with Crippen molar-refractivity contribution < 1.29 is 14.2 Å². The maximum absolute atomic E-state index is 8.97. The Morgan fingerprint density at radius 3 is 2.55 bits per heavy atom. The first-order valence-corrected chi connectivity index (χ1v) is 6.86. The van der Waals surface area contributed by atoms with Crippen LogP contribution in [0.15, 0.2) is 24.3 Å². The lowest BCUT2D eigenvalue weighted by atomic mass is 10.3. The number of ether oxygens (including phenoxy) is 3. The first-order chi connectivity index (χ1) is 10.8. The van der Waals surface area contributed by atoms with E-state index >= 15 is 0 Å². The number of hydrogen-bond donors (Lipinski definition) is 0. The van der Waals surface area contributed by atoms with Crippen LogP contribution in [0.3, 0.4) is 0 Å². The smallest absolute Gasteiger partial charge is 0.188 e. The van der Waals surface area contributed by atoms with Crippen LogP contribution in [0, 0.1) is 11.3 Å². The number of aromatic nitrogens is 3. The molecule has 0 fully saturated rings. The van der Waals surface area contributed by atoms with Crippen molar-refractivity contribution in [1.82, 2.24) is 15.0 Å². The summed E-state index contributed by atoms with van der Waals surface area (Å²) < 4.78 is 17.5. The van der Waals surface area contributed by atoms with Crippen molar-refractivity contribution in [3.05, 3.63) is 35.7 Å². The normalized spacial score (nSPS) is 10.2. The molecule has 0 saturated carbocycles. The highest BCUT2D eigenvalue weighted by Gasteiger charge is 2.11. The topological polar surface area (TPSA) is 82.2 Å². The zero-order valence-corrected chi connectivity index (χ0v) is 12.7. The number of nitriles is 1. The fourth-order valence-electron chi connectivity index (χ4n) is 1.96. The second-order valence-electron chi connectivity index (χ2n) is 4.53. The Bertz CT molecular complexity index is 631. The molecule has 0 saturated heterocycles. The largest absolute Gasteiger partial charge is 0.497 e. The van der Waals surface area contributed by atoms with Gasteiger partial charge in [0.1, 0.15) is 23.3 Å². The van der Waals surface area contributed by atoms with Gasteiger partial charge >= 0.3 is 0 Å². The van der Waals surface area contributed by atoms with Gasteiger partial charge in [0.25, 0.3) is 0 Å². The van der Waals surface area contributed by atoms with E-state index in [-0.39, 0.29) is 0 Å². The van der Waals surface area contributed by atoms with E-state index in [1.54, 1.807) is 18.9 Å². The number of rotatable bonds is 8. The number of hydrogen-bond acceptors (Lipinski definition) is 6. The highest BCUT2D eigenvalue weighted by Crippen LogP contribution is 2.17. The maximum atomic E-state index is 8.97. The number of methoxy groups -OCH3 is 2. The van der Waals surface area contributed by atoms with E-state index in [1.165, 1.54) is 0 Å². The molecule has 116 valence electrons. The van der Waals surface area contributed by atoms with Crippen molar-refractivity contribution in [2.24, 2.45) is 0 Å². The third-order valence-electron chi connectivity index (χ3n) is 3.07. The summed E-state index contributed by atoms with van der Waals surface area (Å²) in [6.45, 7) is 1.47. The van der Waals surface area contributed by atoms with Gasteiger partial charge in [-0.1, -0.05) is 5.21 Å². The van der Waals surface area contributed by atoms with Crippen LogP contribution >= 0.6 is 0 Å². The summed E-state index contributed by atoms with van der Waals surface area (Å²) in [6.07, 6.45) is 0.747. The van der Waals surface area contributed by atoms with Gasteiger partial charge in [0.2, 0.25) is 0 Å². The van der Waals surface area contributed by atoms with Gasteiger partial charge in [0, 0.05) is 20.1 Å². The predicted octanol–water partition coefficient (Wildman–Crippen LogP) is 1.77. The molecule has 0 atom stereocenters. The summed E-state index contributed by atoms with van der Waals surface area (Å²) in [7, 11) is 3.20. The van der Waals surface area contributed by atoms with Crippen LogP contribution in [0.1, 0.15) is 17.8 Å². The molecule has 22 heavy (non-hydrogen) atoms. The molecule has 2 rings (SSSR count). The van der Waals surface area contributed by atoms with Crippen molar-refractivity contribution in [3.8, 4) is 17.6 Å². The Hall–Kier alpha value is -2.59. The Morgan fingerprint density at radius 1 is 1.18 bits per heavy atom. The standard InChI is InChI=1S/C15H18N4O3/c1-20-11-15-14(10-16)17-18-19(15)8-3-9-22-13-6-4-12(21-2)5-7-13/h4-7H,3,8-9,11H2,1-2H3. The monoisotopic (exact) mass is 302 g/mol. The average Bonchev–Trinajstić information content (AvgIpc) is 2.94. The molecular formula is C15H18N4O3. The van der Waals surface area contributed by atoms with Crippen LogP contribution < -0.4 is 9.47 Å². The van der Waals surface area contributed by atoms with Gasteiger partial charge in [0.05, 0.1) is 20.3 Å². The van der Waals surface area contributed by atoms with Gasteiger partial charge in [-0.2, -0.15) is 5.26 Å². The summed E-state index contributed by atoms with van der Waals surface area (Å²) in [6, 6.07) is 9.43. The van der Waals surface area contributed by atoms with E-state index in [0.29, 0.717) is 31.1 Å². The van der Waals surface area contributed by atoms with Crippen molar-refractivity contribution in [3.63, 3.8) is 0 Å². The fourth-order valence-corrected chi connectivity index (χ4v) is 1.96. The lowest BCUT2D eigenvalue weighted by Gasteiger charge is -2.08. The molecule has 0 unspecified atom stereocenters. The molecule has 0 radical (unpaired) electrons. The quantitative estimate of drug-likeness (QED) is 0.691. The molecule has 0 spiro atoms. The molecule has 0 aliphatic heterocycles. The maximum Gasteiger partial charge on any atom is 0.188 e. The minimum atomic E-state index is 0.304. The van der Waals surface area contributed by atoms with E-state index in [0.717, 1.165) is 17.9 Å².